The number of ether oxygens (including phenoxy) is 2. The number of halogens is 1. The standard InChI is InChI=1S/C59H95ClN2O5/c1-5-7-9-11-13-15-17-19-21-23-24-25-26-28-30-32-34-36-38-40-56(63)66-49-51-47-53(62(64)65)46-50-43-44-59(67-57(50)51)58(3,4)54-48-52(60)41-42-55(54)61(59)45-39-37-35-33-31-29-27-22-20-18-16-14-12-10-8-6-2/h41-44,46-48H,5-40,45,49H2,1-4H3. The predicted octanol–water partition coefficient (Wildman–Crippen LogP) is 19.3. The van der Waals surface area contributed by atoms with Crippen LogP contribution in [0.1, 0.15) is 276 Å². The Kier molecular flexibility index (Phi) is 27.6. The first kappa shape index (κ1) is 56.5. The summed E-state index contributed by atoms with van der Waals surface area (Å²) in [4.78, 5) is 27.2. The lowest BCUT2D eigenvalue weighted by molar-refractivity contribution is -0.385. The fourth-order valence-electron chi connectivity index (χ4n) is 10.7. The van der Waals surface area contributed by atoms with Crippen LogP contribution in [-0.2, 0) is 21.6 Å². The predicted molar refractivity (Wildman–Crippen MR) is 285 cm³/mol. The molecule has 0 saturated heterocycles. The van der Waals surface area contributed by atoms with Gasteiger partial charge in [-0.3, -0.25) is 14.9 Å². The Morgan fingerprint density at radius 1 is 0.627 bits per heavy atom. The number of nitro groups is 1. The Morgan fingerprint density at radius 2 is 1.06 bits per heavy atom. The summed E-state index contributed by atoms with van der Waals surface area (Å²) in [6.07, 6.45) is 50.3. The van der Waals surface area contributed by atoms with Gasteiger partial charge in [-0.2, -0.15) is 0 Å². The van der Waals surface area contributed by atoms with Crippen molar-refractivity contribution in [3.8, 4) is 5.75 Å². The second-order valence-corrected chi connectivity index (χ2v) is 21.4. The minimum atomic E-state index is -0.899. The van der Waals surface area contributed by atoms with Crippen molar-refractivity contribution in [1.82, 2.24) is 0 Å². The van der Waals surface area contributed by atoms with E-state index in [-0.39, 0.29) is 23.2 Å². The fourth-order valence-corrected chi connectivity index (χ4v) is 10.8. The third-order valence-electron chi connectivity index (χ3n) is 15.0. The number of carbonyl (C=O) groups excluding carboxylic acids is 1. The third-order valence-corrected chi connectivity index (χ3v) is 15.2. The lowest BCUT2D eigenvalue weighted by atomic mass is 9.76. The molecule has 2 heterocycles. The first-order valence-electron chi connectivity index (χ1n) is 28.1. The minimum absolute atomic E-state index is 0.0430. The van der Waals surface area contributed by atoms with Gasteiger partial charge in [0.2, 0.25) is 5.72 Å². The zero-order chi connectivity index (χ0) is 48.0. The summed E-state index contributed by atoms with van der Waals surface area (Å²) in [6.45, 7) is 9.67. The van der Waals surface area contributed by atoms with Crippen molar-refractivity contribution in [3.05, 3.63) is 68.2 Å². The molecule has 2 aromatic carbocycles. The monoisotopic (exact) mass is 947 g/mol. The number of nitrogens with zero attached hydrogens (tertiary/aromatic N) is 2. The molecule has 1 unspecified atom stereocenters. The normalized spacial score (nSPS) is 15.8. The Morgan fingerprint density at radius 3 is 1.51 bits per heavy atom. The maximum absolute atomic E-state index is 13.1. The summed E-state index contributed by atoms with van der Waals surface area (Å²) in [6, 6.07) is 9.19. The van der Waals surface area contributed by atoms with Gasteiger partial charge in [0, 0.05) is 46.9 Å². The number of nitro benzene ring substituents is 1. The molecule has 8 heteroatoms. The van der Waals surface area contributed by atoms with E-state index in [0.29, 0.717) is 28.3 Å². The Labute approximate surface area is 414 Å². The van der Waals surface area contributed by atoms with Crippen molar-refractivity contribution in [2.75, 3.05) is 11.4 Å². The smallest absolute Gasteiger partial charge is 0.306 e. The molecule has 1 spiro atoms. The van der Waals surface area contributed by atoms with Gasteiger partial charge in [0.1, 0.15) is 12.4 Å². The highest BCUT2D eigenvalue weighted by atomic mass is 35.5. The molecular weight excluding hydrogens is 852 g/mol. The molecule has 378 valence electrons. The molecule has 2 aliphatic rings. The van der Waals surface area contributed by atoms with Crippen LogP contribution in [0.2, 0.25) is 5.02 Å². The maximum Gasteiger partial charge on any atom is 0.306 e. The molecule has 0 N–H and O–H groups in total. The number of unbranched alkanes of at least 4 members (excludes halogenated alkanes) is 33. The van der Waals surface area contributed by atoms with Crippen molar-refractivity contribution in [2.24, 2.45) is 0 Å². The van der Waals surface area contributed by atoms with Gasteiger partial charge in [0.15, 0.2) is 0 Å². The number of rotatable bonds is 40. The molecule has 4 rings (SSSR count). The van der Waals surface area contributed by atoms with Crippen LogP contribution < -0.4 is 9.64 Å². The van der Waals surface area contributed by atoms with Crippen LogP contribution >= 0.6 is 11.6 Å². The van der Waals surface area contributed by atoms with E-state index in [0.717, 1.165) is 49.9 Å². The number of fused-ring (bicyclic) bond motifs is 2. The molecule has 1 atom stereocenters. The second kappa shape index (κ2) is 32.7. The lowest BCUT2D eigenvalue weighted by Gasteiger charge is -2.47. The van der Waals surface area contributed by atoms with Gasteiger partial charge in [0.05, 0.1) is 10.3 Å². The van der Waals surface area contributed by atoms with E-state index in [1.807, 2.05) is 12.1 Å². The van der Waals surface area contributed by atoms with E-state index in [1.165, 1.54) is 199 Å². The van der Waals surface area contributed by atoms with Gasteiger partial charge >= 0.3 is 5.97 Å². The summed E-state index contributed by atoms with van der Waals surface area (Å²) in [5.41, 5.74) is 1.89. The third kappa shape index (κ3) is 19.3. The lowest BCUT2D eigenvalue weighted by Crippen LogP contribution is -2.59. The molecule has 0 saturated carbocycles. The van der Waals surface area contributed by atoms with Gasteiger partial charge in [-0.1, -0.05) is 237 Å². The first-order valence-corrected chi connectivity index (χ1v) is 28.4. The van der Waals surface area contributed by atoms with E-state index >= 15 is 0 Å². The summed E-state index contributed by atoms with van der Waals surface area (Å²) in [5.74, 6) is 0.259. The Hall–Kier alpha value is -3.06. The zero-order valence-corrected chi connectivity index (χ0v) is 44.0. The number of non-ortho nitro benzene ring substituents is 1. The van der Waals surface area contributed by atoms with Crippen molar-refractivity contribution >= 4 is 35.0 Å². The minimum Gasteiger partial charge on any atom is -0.462 e. The van der Waals surface area contributed by atoms with Crippen LogP contribution in [0, 0.1) is 10.1 Å². The number of hydrogen-bond acceptors (Lipinski definition) is 6. The SMILES string of the molecule is CCCCCCCCCCCCCCCCCCCCCC(=O)OCc1cc([N+](=O)[O-])cc2c1OC1(C=C2)N(CCCCCCCCCCCCCCCCCC)c2ccc(Cl)cc2C1(C)C. The molecule has 0 fully saturated rings. The van der Waals surface area contributed by atoms with Crippen molar-refractivity contribution < 1.29 is 19.2 Å². The quantitative estimate of drug-likeness (QED) is 0.0286. The van der Waals surface area contributed by atoms with Gasteiger partial charge in [0.25, 0.3) is 5.69 Å². The van der Waals surface area contributed by atoms with Crippen LogP contribution in [-0.4, -0.2) is 23.2 Å². The molecule has 2 aromatic rings. The van der Waals surface area contributed by atoms with Gasteiger partial charge in [-0.25, -0.2) is 0 Å². The summed E-state index contributed by atoms with van der Waals surface area (Å²) in [7, 11) is 0. The average Bonchev–Trinajstić information content (AvgIpc) is 3.48. The van der Waals surface area contributed by atoms with E-state index < -0.39 is 11.1 Å². The molecule has 0 aliphatic carbocycles. The van der Waals surface area contributed by atoms with Crippen molar-refractivity contribution in [3.63, 3.8) is 0 Å². The molecule has 0 radical (unpaired) electrons. The highest BCUT2D eigenvalue weighted by Gasteiger charge is 2.59. The molecular formula is C59H95ClN2O5. The summed E-state index contributed by atoms with van der Waals surface area (Å²) < 4.78 is 13.0. The van der Waals surface area contributed by atoms with Gasteiger partial charge in [-0.05, 0) is 62.6 Å². The highest BCUT2D eigenvalue weighted by molar-refractivity contribution is 6.30. The van der Waals surface area contributed by atoms with Crippen molar-refractivity contribution in [1.29, 1.82) is 0 Å². The van der Waals surface area contributed by atoms with Gasteiger partial charge in [-0.15, -0.1) is 0 Å². The zero-order valence-electron chi connectivity index (χ0n) is 43.2. The maximum atomic E-state index is 13.1. The Bertz CT molecular complexity index is 1730. The number of hydrogen-bond donors (Lipinski definition) is 0. The largest absolute Gasteiger partial charge is 0.462 e. The number of carbonyl (C=O) groups is 1. The van der Waals surface area contributed by atoms with Crippen molar-refractivity contribution in [2.45, 2.75) is 277 Å². The molecule has 67 heavy (non-hydrogen) atoms. The highest BCUT2D eigenvalue weighted by Crippen LogP contribution is 2.56. The van der Waals surface area contributed by atoms with E-state index in [4.69, 9.17) is 21.1 Å². The van der Waals surface area contributed by atoms with Crippen LogP contribution in [0.5, 0.6) is 5.75 Å². The van der Waals surface area contributed by atoms with E-state index in [2.05, 4.69) is 50.8 Å². The molecule has 7 nitrogen and oxygen atoms in total. The van der Waals surface area contributed by atoms with Crippen LogP contribution in [0.4, 0.5) is 11.4 Å². The van der Waals surface area contributed by atoms with E-state index in [9.17, 15) is 14.9 Å². The van der Waals surface area contributed by atoms with Crippen LogP contribution in [0.15, 0.2) is 36.4 Å². The second-order valence-electron chi connectivity index (χ2n) is 20.9. The molecule has 0 bridgehead atoms. The van der Waals surface area contributed by atoms with Crippen LogP contribution in [0.3, 0.4) is 0 Å². The number of benzene rings is 2. The van der Waals surface area contributed by atoms with Gasteiger partial charge < -0.3 is 14.4 Å². The fraction of sp³-hybridized carbons (Fsp3) is 0.746. The Balaban J connectivity index is 1.19. The first-order chi connectivity index (χ1) is 32.6. The summed E-state index contributed by atoms with van der Waals surface area (Å²) >= 11 is 6.63. The molecule has 2 aliphatic heterocycles. The van der Waals surface area contributed by atoms with Crippen LogP contribution in [0.25, 0.3) is 6.08 Å². The number of anilines is 1. The topological polar surface area (TPSA) is 81.9 Å². The molecule has 0 aromatic heterocycles. The average molecular weight is 948 g/mol. The molecule has 0 amide bonds. The summed E-state index contributed by atoms with van der Waals surface area (Å²) in [5, 5.41) is 12.8. The van der Waals surface area contributed by atoms with E-state index in [1.54, 1.807) is 6.07 Å². The number of esters is 1.